The van der Waals surface area contributed by atoms with Crippen LogP contribution in [0.1, 0.15) is 11.1 Å². The van der Waals surface area contributed by atoms with Crippen molar-refractivity contribution in [2.75, 3.05) is 11.5 Å². The van der Waals surface area contributed by atoms with Crippen LogP contribution in [0.15, 0.2) is 0 Å². The van der Waals surface area contributed by atoms with Crippen molar-refractivity contribution >= 4 is 11.4 Å². The van der Waals surface area contributed by atoms with Crippen molar-refractivity contribution in [1.29, 1.82) is 0 Å². The summed E-state index contributed by atoms with van der Waals surface area (Å²) < 4.78 is 0. The Labute approximate surface area is 108 Å². The molecule has 0 aromatic heterocycles. The zero-order valence-electron chi connectivity index (χ0n) is 10.0. The highest BCUT2D eigenvalue weighted by Gasteiger charge is 2.64. The number of anilines is 2. The van der Waals surface area contributed by atoms with Gasteiger partial charge in [0.2, 0.25) is 0 Å². The average Bonchev–Trinajstić information content (AvgIpc) is 2.39. The maximum absolute atomic E-state index is 9.69. The van der Waals surface area contributed by atoms with Gasteiger partial charge in [0, 0.05) is 11.1 Å². The maximum Gasteiger partial charge on any atom is 0.183 e. The van der Waals surface area contributed by atoms with Gasteiger partial charge in [-0.15, -0.1) is 0 Å². The first kappa shape index (κ1) is 13.6. The van der Waals surface area contributed by atoms with E-state index in [0.717, 1.165) is 0 Å². The van der Waals surface area contributed by atoms with Crippen LogP contribution >= 0.6 is 0 Å². The van der Waals surface area contributed by atoms with Crippen molar-refractivity contribution < 1.29 is 10.2 Å². The van der Waals surface area contributed by atoms with Gasteiger partial charge in [-0.25, -0.2) is 0 Å². The Morgan fingerprint density at radius 1 is 0.632 bits per heavy atom. The Balaban J connectivity index is 3.02. The second kappa shape index (κ2) is 3.19. The van der Waals surface area contributed by atoms with Crippen molar-refractivity contribution in [3.63, 3.8) is 0 Å². The van der Waals surface area contributed by atoms with Gasteiger partial charge >= 0.3 is 0 Å². The van der Waals surface area contributed by atoms with Crippen LogP contribution in [0.4, 0.5) is 11.4 Å². The molecule has 1 aromatic rings. The highest BCUT2D eigenvalue weighted by molar-refractivity contribution is 5.82. The molecule has 0 spiro atoms. The van der Waals surface area contributed by atoms with Crippen LogP contribution in [0.25, 0.3) is 0 Å². The summed E-state index contributed by atoms with van der Waals surface area (Å²) >= 11 is 0. The topological polar surface area (TPSA) is 249 Å². The summed E-state index contributed by atoms with van der Waals surface area (Å²) in [6.07, 6.45) is 0. The zero-order valence-corrected chi connectivity index (χ0v) is 10.0. The van der Waals surface area contributed by atoms with E-state index in [-0.39, 0.29) is 22.5 Å². The van der Waals surface area contributed by atoms with Gasteiger partial charge in [-0.2, -0.15) is 0 Å². The van der Waals surface area contributed by atoms with Crippen molar-refractivity contribution in [2.45, 2.75) is 17.0 Å². The smallest absolute Gasteiger partial charge is 0.183 e. The highest BCUT2D eigenvalue weighted by atomic mass is 16.3. The normalized spacial score (nSPS) is 22.2. The van der Waals surface area contributed by atoms with Crippen molar-refractivity contribution in [3.05, 3.63) is 11.1 Å². The lowest BCUT2D eigenvalue weighted by molar-refractivity contribution is 0.153. The number of hydrogen-bond donors (Lipinski definition) is 10. The third kappa shape index (κ3) is 1.19. The predicted molar refractivity (Wildman–Crippen MR) is 69.8 cm³/mol. The van der Waals surface area contributed by atoms with E-state index in [2.05, 4.69) is 0 Å². The summed E-state index contributed by atoms with van der Waals surface area (Å²) in [6.45, 7) is 0. The first-order valence-corrected chi connectivity index (χ1v) is 5.26. The van der Waals surface area contributed by atoms with Crippen molar-refractivity contribution in [1.82, 2.24) is 0 Å². The predicted octanol–water partition coefficient (Wildman–Crippen LogP) is -3.97. The summed E-state index contributed by atoms with van der Waals surface area (Å²) in [5.74, 6) is -1.38. The van der Waals surface area contributed by atoms with E-state index in [4.69, 9.17) is 45.9 Å². The molecular formula is C9H18N8O2. The molecule has 1 aliphatic rings. The molecule has 0 aliphatic heterocycles. The van der Waals surface area contributed by atoms with Crippen LogP contribution in [0, 0.1) is 0 Å². The zero-order chi connectivity index (χ0) is 15.0. The number of hydrogen-bond acceptors (Lipinski definition) is 10. The Morgan fingerprint density at radius 3 is 1.16 bits per heavy atom. The van der Waals surface area contributed by atoms with Crippen LogP contribution in [-0.2, 0) is 11.3 Å². The van der Waals surface area contributed by atoms with Gasteiger partial charge in [-0.1, -0.05) is 0 Å². The second-order valence-electron chi connectivity index (χ2n) is 4.88. The molecule has 10 heteroatoms. The Morgan fingerprint density at radius 2 is 0.895 bits per heavy atom. The van der Waals surface area contributed by atoms with Gasteiger partial charge in [0.15, 0.2) is 11.5 Å². The van der Waals surface area contributed by atoms with Gasteiger partial charge < -0.3 is 56.1 Å². The fourth-order valence-corrected chi connectivity index (χ4v) is 2.38. The molecule has 0 radical (unpaired) electrons. The molecule has 2 rings (SSSR count). The third-order valence-corrected chi connectivity index (χ3v) is 3.72. The molecule has 1 aliphatic carbocycles. The molecule has 0 heterocycles. The summed E-state index contributed by atoms with van der Waals surface area (Å²) in [7, 11) is 0. The molecule has 19 heavy (non-hydrogen) atoms. The number of benzene rings is 1. The largest absolute Gasteiger partial charge is 0.503 e. The van der Waals surface area contributed by atoms with Crippen LogP contribution in [0.3, 0.4) is 0 Å². The average molecular weight is 270 g/mol. The molecule has 0 unspecified atom stereocenters. The van der Waals surface area contributed by atoms with E-state index in [1.807, 2.05) is 0 Å². The standard InChI is InChI=1S/C9H18N8O2/c10-3-1-2(4(11)6(19)5(3)18)8(14,15)9(16,17)7(1,12)13/h18-19H,10-17H2. The van der Waals surface area contributed by atoms with Crippen molar-refractivity contribution in [2.24, 2.45) is 34.4 Å². The molecule has 0 atom stereocenters. The van der Waals surface area contributed by atoms with Gasteiger partial charge in [0.25, 0.3) is 0 Å². The fraction of sp³-hybridized carbons (Fsp3) is 0.333. The second-order valence-corrected chi connectivity index (χ2v) is 4.88. The number of aromatic hydroxyl groups is 2. The number of rotatable bonds is 0. The van der Waals surface area contributed by atoms with Crippen LogP contribution in [0.5, 0.6) is 11.5 Å². The van der Waals surface area contributed by atoms with Gasteiger partial charge in [0.1, 0.15) is 17.0 Å². The Kier molecular flexibility index (Phi) is 2.29. The Hall–Kier alpha value is -1.82. The van der Waals surface area contributed by atoms with E-state index in [9.17, 15) is 10.2 Å². The molecule has 0 fully saturated rings. The number of phenols is 2. The number of phenolic OH excluding ortho intramolecular Hbond substituents is 2. The van der Waals surface area contributed by atoms with Gasteiger partial charge in [-0.05, 0) is 0 Å². The fourth-order valence-electron chi connectivity index (χ4n) is 2.38. The highest BCUT2D eigenvalue weighted by Crippen LogP contribution is 2.54. The summed E-state index contributed by atoms with van der Waals surface area (Å²) in [5.41, 5.74) is 39.7. The quantitative estimate of drug-likeness (QED) is 0.124. The summed E-state index contributed by atoms with van der Waals surface area (Å²) in [6, 6.07) is 0. The molecule has 18 N–H and O–H groups in total. The van der Waals surface area contributed by atoms with E-state index >= 15 is 0 Å². The van der Waals surface area contributed by atoms with Gasteiger partial charge in [-0.3, -0.25) is 0 Å². The first-order chi connectivity index (χ1) is 8.39. The molecule has 0 amide bonds. The van der Waals surface area contributed by atoms with E-state index in [1.54, 1.807) is 0 Å². The SMILES string of the molecule is Nc1c(O)c(O)c(N)c2c1C(N)(N)C(N)(N)C2(N)N. The van der Waals surface area contributed by atoms with Crippen LogP contribution in [0.2, 0.25) is 0 Å². The summed E-state index contributed by atoms with van der Waals surface area (Å²) in [5, 5.41) is 19.4. The van der Waals surface area contributed by atoms with Gasteiger partial charge in [0.05, 0.1) is 11.4 Å². The van der Waals surface area contributed by atoms with Crippen molar-refractivity contribution in [3.8, 4) is 11.5 Å². The molecule has 106 valence electrons. The molecule has 1 aromatic carbocycles. The number of nitrogen functional groups attached to an aromatic ring is 2. The first-order valence-electron chi connectivity index (χ1n) is 5.26. The third-order valence-electron chi connectivity index (χ3n) is 3.72. The van der Waals surface area contributed by atoms with Crippen LogP contribution in [-0.4, -0.2) is 15.9 Å². The number of fused-ring (bicyclic) bond motifs is 1. The molecule has 0 saturated carbocycles. The maximum atomic E-state index is 9.69. The van der Waals surface area contributed by atoms with E-state index in [0.29, 0.717) is 0 Å². The minimum Gasteiger partial charge on any atom is -0.503 e. The monoisotopic (exact) mass is 270 g/mol. The van der Waals surface area contributed by atoms with E-state index < -0.39 is 28.5 Å². The molecule has 0 saturated heterocycles. The lowest BCUT2D eigenvalue weighted by atomic mass is 9.90. The molecule has 0 bridgehead atoms. The number of nitrogens with two attached hydrogens (primary N) is 8. The molecule has 10 nitrogen and oxygen atoms in total. The van der Waals surface area contributed by atoms with Crippen LogP contribution < -0.4 is 45.9 Å². The minimum atomic E-state index is -2.01. The van der Waals surface area contributed by atoms with E-state index in [1.165, 1.54) is 0 Å². The molecular weight excluding hydrogens is 252 g/mol. The summed E-state index contributed by atoms with van der Waals surface area (Å²) in [4.78, 5) is 0. The Bertz CT molecular complexity index is 531. The lowest BCUT2D eigenvalue weighted by Crippen LogP contribution is -2.82. The lowest BCUT2D eigenvalue weighted by Gasteiger charge is -2.41. The minimum absolute atomic E-state index is 0.0877.